The fourth-order valence-corrected chi connectivity index (χ4v) is 2.02. The molecule has 0 radical (unpaired) electrons. The van der Waals surface area contributed by atoms with Crippen LogP contribution >= 0.6 is 0 Å². The first-order valence-electron chi connectivity index (χ1n) is 6.28. The zero-order valence-electron chi connectivity index (χ0n) is 12.0. The van der Waals surface area contributed by atoms with Crippen LogP contribution in [0.3, 0.4) is 0 Å². The SMILES string of the molecule is CNc1ccc(CN(C)CC(O)COC)cc1[N+](=O)[O-]. The summed E-state index contributed by atoms with van der Waals surface area (Å²) in [7, 11) is 5.02. The topological polar surface area (TPSA) is 87.9 Å². The molecule has 0 saturated carbocycles. The van der Waals surface area contributed by atoms with E-state index in [1.165, 1.54) is 7.11 Å². The van der Waals surface area contributed by atoms with Crippen molar-refractivity contribution in [1.82, 2.24) is 4.90 Å². The molecule has 112 valence electrons. The third-order valence-corrected chi connectivity index (χ3v) is 2.86. The van der Waals surface area contributed by atoms with Crippen molar-refractivity contribution in [1.29, 1.82) is 0 Å². The molecule has 1 unspecified atom stereocenters. The minimum absolute atomic E-state index is 0.0517. The van der Waals surface area contributed by atoms with Crippen LogP contribution in [0.1, 0.15) is 5.56 Å². The number of nitrogens with one attached hydrogen (secondary N) is 1. The molecule has 0 aliphatic carbocycles. The summed E-state index contributed by atoms with van der Waals surface area (Å²) < 4.78 is 4.86. The average Bonchev–Trinajstić information content (AvgIpc) is 2.38. The fraction of sp³-hybridized carbons (Fsp3) is 0.538. The second-order valence-electron chi connectivity index (χ2n) is 4.66. The Hall–Kier alpha value is -1.70. The molecule has 0 saturated heterocycles. The number of nitro benzene ring substituents is 1. The number of aliphatic hydroxyl groups excluding tert-OH is 1. The highest BCUT2D eigenvalue weighted by atomic mass is 16.6. The van der Waals surface area contributed by atoms with Gasteiger partial charge in [-0.15, -0.1) is 0 Å². The number of ether oxygens (including phenoxy) is 1. The van der Waals surface area contributed by atoms with Crippen molar-refractivity contribution in [3.05, 3.63) is 33.9 Å². The quantitative estimate of drug-likeness (QED) is 0.548. The van der Waals surface area contributed by atoms with Gasteiger partial charge in [-0.05, 0) is 18.7 Å². The number of aliphatic hydroxyl groups is 1. The van der Waals surface area contributed by atoms with Crippen molar-refractivity contribution >= 4 is 11.4 Å². The standard InChI is InChI=1S/C13H21N3O4/c1-14-12-5-4-10(6-13(12)16(18)19)7-15(2)8-11(17)9-20-3/h4-6,11,14,17H,7-9H2,1-3H3. The molecule has 0 amide bonds. The predicted molar refractivity (Wildman–Crippen MR) is 76.9 cm³/mol. The van der Waals surface area contributed by atoms with Crippen LogP contribution in [-0.4, -0.2) is 55.4 Å². The number of methoxy groups -OCH3 is 1. The first-order valence-corrected chi connectivity index (χ1v) is 6.28. The highest BCUT2D eigenvalue weighted by molar-refractivity contribution is 5.62. The number of benzene rings is 1. The number of nitro groups is 1. The van der Waals surface area contributed by atoms with E-state index in [9.17, 15) is 15.2 Å². The molecule has 7 nitrogen and oxygen atoms in total. The minimum atomic E-state index is -0.573. The Balaban J connectivity index is 2.72. The molecule has 0 spiro atoms. The summed E-state index contributed by atoms with van der Waals surface area (Å²) in [6.45, 7) is 1.23. The van der Waals surface area contributed by atoms with Gasteiger partial charge in [-0.25, -0.2) is 0 Å². The van der Waals surface area contributed by atoms with Gasteiger partial charge in [0.05, 0.1) is 17.6 Å². The predicted octanol–water partition coefficient (Wildman–Crippen LogP) is 1.08. The smallest absolute Gasteiger partial charge is 0.292 e. The Morgan fingerprint density at radius 2 is 2.25 bits per heavy atom. The Kier molecular flexibility index (Phi) is 6.37. The lowest BCUT2D eigenvalue weighted by Gasteiger charge is -2.20. The lowest BCUT2D eigenvalue weighted by molar-refractivity contribution is -0.384. The van der Waals surface area contributed by atoms with Gasteiger partial charge in [0.25, 0.3) is 5.69 Å². The lowest BCUT2D eigenvalue weighted by Crippen LogP contribution is -2.31. The van der Waals surface area contributed by atoms with Crippen LogP contribution in [0.2, 0.25) is 0 Å². The van der Waals surface area contributed by atoms with Crippen LogP contribution in [0.5, 0.6) is 0 Å². The molecule has 1 atom stereocenters. The molecule has 1 aromatic rings. The van der Waals surface area contributed by atoms with Gasteiger partial charge in [-0.2, -0.15) is 0 Å². The Morgan fingerprint density at radius 3 is 2.80 bits per heavy atom. The molecule has 0 aliphatic heterocycles. The Labute approximate surface area is 118 Å². The number of likely N-dealkylation sites (N-methyl/N-ethyl adjacent to an activating group) is 1. The molecular formula is C13H21N3O4. The lowest BCUT2D eigenvalue weighted by atomic mass is 10.1. The number of hydrogen-bond acceptors (Lipinski definition) is 6. The summed E-state index contributed by atoms with van der Waals surface area (Å²) in [4.78, 5) is 12.5. The normalized spacial score (nSPS) is 12.4. The van der Waals surface area contributed by atoms with Crippen LogP contribution in [0.4, 0.5) is 11.4 Å². The van der Waals surface area contributed by atoms with E-state index in [-0.39, 0.29) is 12.3 Å². The minimum Gasteiger partial charge on any atom is -0.389 e. The maximum Gasteiger partial charge on any atom is 0.292 e. The number of hydrogen-bond donors (Lipinski definition) is 2. The first kappa shape index (κ1) is 16.4. The average molecular weight is 283 g/mol. The summed E-state index contributed by atoms with van der Waals surface area (Å²) in [5.41, 5.74) is 1.36. The summed E-state index contributed by atoms with van der Waals surface area (Å²) in [6, 6.07) is 5.07. The van der Waals surface area contributed by atoms with Crippen molar-refractivity contribution in [3.63, 3.8) is 0 Å². The molecule has 0 fully saturated rings. The van der Waals surface area contributed by atoms with Crippen molar-refractivity contribution in [2.75, 3.05) is 39.7 Å². The van der Waals surface area contributed by atoms with Crippen LogP contribution in [-0.2, 0) is 11.3 Å². The summed E-state index contributed by atoms with van der Waals surface area (Å²) >= 11 is 0. The number of nitrogens with zero attached hydrogens (tertiary/aromatic N) is 2. The molecule has 1 rings (SSSR count). The van der Waals surface area contributed by atoms with Crippen LogP contribution in [0, 0.1) is 10.1 Å². The third-order valence-electron chi connectivity index (χ3n) is 2.86. The van der Waals surface area contributed by atoms with Crippen molar-refractivity contribution in [2.24, 2.45) is 0 Å². The van der Waals surface area contributed by atoms with Crippen molar-refractivity contribution in [2.45, 2.75) is 12.6 Å². The van der Waals surface area contributed by atoms with E-state index in [0.29, 0.717) is 18.8 Å². The van der Waals surface area contributed by atoms with Crippen LogP contribution < -0.4 is 5.32 Å². The summed E-state index contributed by atoms with van der Waals surface area (Å²) in [6.07, 6.45) is -0.573. The number of anilines is 1. The van der Waals surface area contributed by atoms with E-state index in [1.807, 2.05) is 18.0 Å². The van der Waals surface area contributed by atoms with E-state index in [2.05, 4.69) is 5.32 Å². The van der Waals surface area contributed by atoms with E-state index in [0.717, 1.165) is 5.56 Å². The Bertz CT molecular complexity index is 453. The maximum atomic E-state index is 11.0. The second-order valence-corrected chi connectivity index (χ2v) is 4.66. The molecule has 20 heavy (non-hydrogen) atoms. The number of rotatable bonds is 8. The van der Waals surface area contributed by atoms with Crippen LogP contribution in [0.15, 0.2) is 18.2 Å². The summed E-state index contributed by atoms with van der Waals surface area (Å²) in [5.74, 6) is 0. The zero-order chi connectivity index (χ0) is 15.1. The van der Waals surface area contributed by atoms with Crippen LogP contribution in [0.25, 0.3) is 0 Å². The van der Waals surface area contributed by atoms with Gasteiger partial charge in [0.15, 0.2) is 0 Å². The molecule has 7 heteroatoms. The maximum absolute atomic E-state index is 11.0. The molecule has 0 heterocycles. The molecule has 0 aromatic heterocycles. The van der Waals surface area contributed by atoms with E-state index in [1.54, 1.807) is 19.2 Å². The van der Waals surface area contributed by atoms with Gasteiger partial charge in [0, 0.05) is 33.3 Å². The molecule has 0 bridgehead atoms. The van der Waals surface area contributed by atoms with Crippen molar-refractivity contribution < 1.29 is 14.8 Å². The second kappa shape index (κ2) is 7.78. The van der Waals surface area contributed by atoms with Gasteiger partial charge >= 0.3 is 0 Å². The van der Waals surface area contributed by atoms with E-state index >= 15 is 0 Å². The monoisotopic (exact) mass is 283 g/mol. The first-order chi connectivity index (χ1) is 9.47. The highest BCUT2D eigenvalue weighted by Crippen LogP contribution is 2.25. The zero-order valence-corrected chi connectivity index (χ0v) is 12.0. The van der Waals surface area contributed by atoms with Gasteiger partial charge in [-0.3, -0.25) is 15.0 Å². The van der Waals surface area contributed by atoms with Crippen molar-refractivity contribution in [3.8, 4) is 0 Å². The van der Waals surface area contributed by atoms with Gasteiger partial charge in [0.1, 0.15) is 5.69 Å². The molecule has 0 aliphatic rings. The molecular weight excluding hydrogens is 262 g/mol. The van der Waals surface area contributed by atoms with Gasteiger partial charge in [0.2, 0.25) is 0 Å². The van der Waals surface area contributed by atoms with E-state index < -0.39 is 11.0 Å². The summed E-state index contributed by atoms with van der Waals surface area (Å²) in [5, 5.41) is 23.4. The van der Waals surface area contributed by atoms with Gasteiger partial charge in [-0.1, -0.05) is 6.07 Å². The fourth-order valence-electron chi connectivity index (χ4n) is 2.02. The highest BCUT2D eigenvalue weighted by Gasteiger charge is 2.15. The van der Waals surface area contributed by atoms with Gasteiger partial charge < -0.3 is 15.2 Å². The Morgan fingerprint density at radius 1 is 1.55 bits per heavy atom. The van der Waals surface area contributed by atoms with E-state index in [4.69, 9.17) is 4.74 Å². The largest absolute Gasteiger partial charge is 0.389 e. The third kappa shape index (κ3) is 4.76. The molecule has 1 aromatic carbocycles. The molecule has 2 N–H and O–H groups in total.